The van der Waals surface area contributed by atoms with E-state index < -0.39 is 11.8 Å². The number of aryl methyl sites for hydroxylation is 1. The number of carbonyl (C=O) groups excluding carboxylic acids is 2. The van der Waals surface area contributed by atoms with E-state index in [1.165, 1.54) is 11.6 Å². The van der Waals surface area contributed by atoms with E-state index >= 15 is 0 Å². The van der Waals surface area contributed by atoms with Gasteiger partial charge < -0.3 is 4.74 Å². The second-order valence-electron chi connectivity index (χ2n) is 5.76. The zero-order valence-electron chi connectivity index (χ0n) is 13.8. The van der Waals surface area contributed by atoms with E-state index in [1.54, 1.807) is 18.2 Å². The monoisotopic (exact) mass is 386 g/mol. The number of hydrogen-bond acceptors (Lipinski definition) is 4. The Bertz CT molecular complexity index is 901. The number of ether oxygens (including phenoxy) is 1. The lowest BCUT2D eigenvalue weighted by Crippen LogP contribution is -2.51. The van der Waals surface area contributed by atoms with Crippen molar-refractivity contribution in [3.05, 3.63) is 69.8 Å². The van der Waals surface area contributed by atoms with Crippen LogP contribution in [0.15, 0.2) is 48.0 Å². The van der Waals surface area contributed by atoms with E-state index in [-0.39, 0.29) is 10.7 Å². The number of thiocarbonyl (C=S) groups is 1. The van der Waals surface area contributed by atoms with Gasteiger partial charge in [-0.25, -0.2) is 0 Å². The minimum absolute atomic E-state index is 0.00460. The van der Waals surface area contributed by atoms with Crippen molar-refractivity contribution in [1.82, 2.24) is 10.6 Å². The Morgan fingerprint density at radius 2 is 1.73 bits per heavy atom. The molecule has 0 bridgehead atoms. The average molecular weight is 387 g/mol. The molecule has 2 aromatic rings. The second-order valence-corrected chi connectivity index (χ2v) is 6.57. The summed E-state index contributed by atoms with van der Waals surface area (Å²) in [5, 5.41) is 5.15. The molecule has 26 heavy (non-hydrogen) atoms. The van der Waals surface area contributed by atoms with E-state index in [2.05, 4.69) is 10.6 Å². The van der Waals surface area contributed by atoms with Gasteiger partial charge in [0.05, 0.1) is 5.02 Å². The van der Waals surface area contributed by atoms with Crippen LogP contribution in [0.1, 0.15) is 16.7 Å². The quantitative estimate of drug-likeness (QED) is 0.481. The van der Waals surface area contributed by atoms with Gasteiger partial charge in [0.25, 0.3) is 11.8 Å². The Morgan fingerprint density at radius 1 is 1.08 bits per heavy atom. The van der Waals surface area contributed by atoms with Gasteiger partial charge in [0.2, 0.25) is 0 Å². The first kappa shape index (κ1) is 18.1. The molecular formula is C19H15ClN2O3S. The number of carbonyl (C=O) groups is 2. The van der Waals surface area contributed by atoms with Crippen molar-refractivity contribution in [1.29, 1.82) is 0 Å². The zero-order valence-corrected chi connectivity index (χ0v) is 15.4. The number of rotatable bonds is 4. The largest absolute Gasteiger partial charge is 0.487 e. The molecule has 1 aliphatic rings. The summed E-state index contributed by atoms with van der Waals surface area (Å²) in [6.45, 7) is 2.41. The van der Waals surface area contributed by atoms with Gasteiger partial charge >= 0.3 is 0 Å². The summed E-state index contributed by atoms with van der Waals surface area (Å²) in [4.78, 5) is 23.7. The highest BCUT2D eigenvalue weighted by atomic mass is 35.5. The molecule has 5 nitrogen and oxygen atoms in total. The van der Waals surface area contributed by atoms with Crippen LogP contribution in [0.4, 0.5) is 0 Å². The van der Waals surface area contributed by atoms with Crippen molar-refractivity contribution in [3.8, 4) is 5.75 Å². The fraction of sp³-hybridized carbons (Fsp3) is 0.105. The summed E-state index contributed by atoms with van der Waals surface area (Å²) >= 11 is 11.0. The van der Waals surface area contributed by atoms with E-state index in [1.807, 2.05) is 31.2 Å². The van der Waals surface area contributed by atoms with E-state index in [0.29, 0.717) is 22.9 Å². The third kappa shape index (κ3) is 4.28. The molecule has 2 aromatic carbocycles. The van der Waals surface area contributed by atoms with Crippen molar-refractivity contribution in [2.45, 2.75) is 13.5 Å². The molecule has 0 radical (unpaired) electrons. The van der Waals surface area contributed by atoms with Crippen LogP contribution in [-0.4, -0.2) is 16.9 Å². The van der Waals surface area contributed by atoms with Gasteiger partial charge in [-0.05, 0) is 48.5 Å². The lowest BCUT2D eigenvalue weighted by Gasteiger charge is -2.16. The molecule has 0 aliphatic carbocycles. The minimum atomic E-state index is -0.547. The van der Waals surface area contributed by atoms with Crippen LogP contribution in [-0.2, 0) is 16.2 Å². The molecule has 2 amide bonds. The summed E-state index contributed by atoms with van der Waals surface area (Å²) in [6.07, 6.45) is 1.45. The maximum atomic E-state index is 11.9. The SMILES string of the molecule is Cc1ccc(COc2ccc(C=C3C(=O)NC(=S)NC3=O)cc2Cl)cc1. The maximum absolute atomic E-state index is 11.9. The molecule has 3 rings (SSSR count). The van der Waals surface area contributed by atoms with Crippen LogP contribution < -0.4 is 15.4 Å². The molecule has 0 spiro atoms. The van der Waals surface area contributed by atoms with Gasteiger partial charge in [0, 0.05) is 0 Å². The maximum Gasteiger partial charge on any atom is 0.263 e. The Balaban J connectivity index is 1.74. The summed E-state index contributed by atoms with van der Waals surface area (Å²) in [5.74, 6) is -0.572. The van der Waals surface area contributed by atoms with Crippen molar-refractivity contribution in [2.24, 2.45) is 0 Å². The normalized spacial score (nSPS) is 13.9. The standard InChI is InChI=1S/C19H15ClN2O3S/c1-11-2-4-12(5-3-11)10-25-16-7-6-13(9-15(16)20)8-14-17(23)21-19(26)22-18(14)24/h2-9H,10H2,1H3,(H2,21,22,23,24,26). The summed E-state index contributed by atoms with van der Waals surface area (Å²) in [6, 6.07) is 13.1. The van der Waals surface area contributed by atoms with Gasteiger partial charge in [-0.15, -0.1) is 0 Å². The molecule has 132 valence electrons. The molecule has 1 heterocycles. The Kier molecular flexibility index (Phi) is 5.35. The van der Waals surface area contributed by atoms with E-state index in [4.69, 9.17) is 28.6 Å². The molecule has 0 saturated carbocycles. The van der Waals surface area contributed by atoms with Crippen LogP contribution >= 0.6 is 23.8 Å². The second kappa shape index (κ2) is 7.68. The van der Waals surface area contributed by atoms with Crippen molar-refractivity contribution in [2.75, 3.05) is 0 Å². The molecule has 0 aromatic heterocycles. The highest BCUT2D eigenvalue weighted by Gasteiger charge is 2.25. The molecular weight excluding hydrogens is 372 g/mol. The lowest BCUT2D eigenvalue weighted by atomic mass is 10.1. The summed E-state index contributed by atoms with van der Waals surface area (Å²) in [5.41, 5.74) is 2.78. The first-order valence-electron chi connectivity index (χ1n) is 7.78. The molecule has 1 aliphatic heterocycles. The van der Waals surface area contributed by atoms with Gasteiger partial charge in [-0.3, -0.25) is 20.2 Å². The molecule has 2 N–H and O–H groups in total. The van der Waals surface area contributed by atoms with Crippen LogP contribution in [0.3, 0.4) is 0 Å². The topological polar surface area (TPSA) is 67.4 Å². The van der Waals surface area contributed by atoms with Gasteiger partial charge in [0.15, 0.2) is 5.11 Å². The van der Waals surface area contributed by atoms with Crippen LogP contribution in [0.5, 0.6) is 5.75 Å². The van der Waals surface area contributed by atoms with Gasteiger partial charge in [-0.2, -0.15) is 0 Å². The average Bonchev–Trinajstić information content (AvgIpc) is 2.59. The molecule has 0 atom stereocenters. The highest BCUT2D eigenvalue weighted by molar-refractivity contribution is 7.80. The number of amides is 2. The summed E-state index contributed by atoms with van der Waals surface area (Å²) < 4.78 is 5.74. The van der Waals surface area contributed by atoms with Gasteiger partial charge in [0.1, 0.15) is 17.9 Å². The molecule has 1 fully saturated rings. The van der Waals surface area contributed by atoms with Crippen molar-refractivity contribution >= 4 is 46.8 Å². The Morgan fingerprint density at radius 3 is 2.35 bits per heavy atom. The van der Waals surface area contributed by atoms with E-state index in [0.717, 1.165) is 5.56 Å². The summed E-state index contributed by atoms with van der Waals surface area (Å²) in [7, 11) is 0. The fourth-order valence-electron chi connectivity index (χ4n) is 2.34. The van der Waals surface area contributed by atoms with E-state index in [9.17, 15) is 9.59 Å². The number of halogens is 1. The Labute approximate surface area is 161 Å². The van der Waals surface area contributed by atoms with Crippen LogP contribution in [0.25, 0.3) is 6.08 Å². The minimum Gasteiger partial charge on any atom is -0.487 e. The van der Waals surface area contributed by atoms with Crippen LogP contribution in [0, 0.1) is 6.92 Å². The number of nitrogens with one attached hydrogen (secondary N) is 2. The molecule has 0 unspecified atom stereocenters. The third-order valence-corrected chi connectivity index (χ3v) is 4.22. The Hall–Kier alpha value is -2.70. The smallest absolute Gasteiger partial charge is 0.263 e. The molecule has 1 saturated heterocycles. The first-order valence-corrected chi connectivity index (χ1v) is 8.57. The predicted molar refractivity (Wildman–Crippen MR) is 104 cm³/mol. The number of benzene rings is 2. The van der Waals surface area contributed by atoms with Gasteiger partial charge in [-0.1, -0.05) is 47.5 Å². The zero-order chi connectivity index (χ0) is 18.7. The van der Waals surface area contributed by atoms with Crippen molar-refractivity contribution in [3.63, 3.8) is 0 Å². The number of hydrogen-bond donors (Lipinski definition) is 2. The molecule has 7 heteroatoms. The third-order valence-electron chi connectivity index (χ3n) is 3.73. The lowest BCUT2D eigenvalue weighted by molar-refractivity contribution is -0.123. The predicted octanol–water partition coefficient (Wildman–Crippen LogP) is 3.14. The van der Waals surface area contributed by atoms with Crippen molar-refractivity contribution < 1.29 is 14.3 Å². The first-order chi connectivity index (χ1) is 12.4. The fourth-order valence-corrected chi connectivity index (χ4v) is 2.77. The van der Waals surface area contributed by atoms with Crippen LogP contribution in [0.2, 0.25) is 5.02 Å². The highest BCUT2D eigenvalue weighted by Crippen LogP contribution is 2.27.